The summed E-state index contributed by atoms with van der Waals surface area (Å²) in [6, 6.07) is 10.1. The van der Waals surface area contributed by atoms with Crippen molar-refractivity contribution in [3.8, 4) is 0 Å². The molecule has 0 atom stereocenters. The fraction of sp³-hybridized carbons (Fsp3) is 0.167. The summed E-state index contributed by atoms with van der Waals surface area (Å²) in [5, 5.41) is 1.15. The largest absolute Gasteiger partial charge is 0.317 e. The smallest absolute Gasteiger partial charge is 0.218 e. The Hall–Kier alpha value is -1.88. The van der Waals surface area contributed by atoms with E-state index in [0.29, 0.717) is 6.54 Å². The van der Waals surface area contributed by atoms with Gasteiger partial charge >= 0.3 is 0 Å². The summed E-state index contributed by atoms with van der Waals surface area (Å²) in [5.74, 6) is 0. The lowest BCUT2D eigenvalue weighted by Gasteiger charge is -1.99. The minimum absolute atomic E-state index is 0.561. The second-order valence-corrected chi connectivity index (χ2v) is 3.16. The molecule has 1 heterocycles. The van der Waals surface area contributed by atoms with Crippen LogP contribution in [0, 0.1) is 6.57 Å². The standard InChI is InChI=1S/C12H10N2/c1-13-8-6-10-4-5-12-11(9-10)3-2-7-14-12/h2-5,7,9H,6,8H2. The number of aromatic nitrogens is 1. The Morgan fingerprint density at radius 2 is 2.21 bits per heavy atom. The number of fused-ring (bicyclic) bond motifs is 1. The van der Waals surface area contributed by atoms with Crippen molar-refractivity contribution in [1.29, 1.82) is 0 Å². The van der Waals surface area contributed by atoms with Gasteiger partial charge in [0.25, 0.3) is 0 Å². The molecule has 0 aliphatic carbocycles. The van der Waals surface area contributed by atoms with E-state index in [1.54, 1.807) is 6.20 Å². The number of benzene rings is 1. The molecule has 68 valence electrons. The SMILES string of the molecule is [C-]#[N+]CCc1ccc2ncccc2c1. The van der Waals surface area contributed by atoms with E-state index in [1.807, 2.05) is 24.3 Å². The third kappa shape index (κ3) is 1.72. The monoisotopic (exact) mass is 182 g/mol. The quantitative estimate of drug-likeness (QED) is 0.653. The van der Waals surface area contributed by atoms with E-state index >= 15 is 0 Å². The number of nitrogens with zero attached hydrogens (tertiary/aromatic N) is 2. The molecule has 0 bridgehead atoms. The maximum atomic E-state index is 6.73. The van der Waals surface area contributed by atoms with Crippen LogP contribution in [0.4, 0.5) is 0 Å². The lowest BCUT2D eigenvalue weighted by Crippen LogP contribution is -1.88. The first kappa shape index (κ1) is 8.71. The summed E-state index contributed by atoms with van der Waals surface area (Å²) in [4.78, 5) is 7.59. The average Bonchev–Trinajstić information content (AvgIpc) is 2.26. The first-order valence-electron chi connectivity index (χ1n) is 4.57. The van der Waals surface area contributed by atoms with Crippen molar-refractivity contribution in [3.05, 3.63) is 53.5 Å². The van der Waals surface area contributed by atoms with Crippen LogP contribution in [0.2, 0.25) is 0 Å². The predicted molar refractivity (Wildman–Crippen MR) is 56.9 cm³/mol. The molecule has 2 heteroatoms. The molecular weight excluding hydrogens is 172 g/mol. The van der Waals surface area contributed by atoms with E-state index in [-0.39, 0.29) is 0 Å². The van der Waals surface area contributed by atoms with Gasteiger partial charge in [0.2, 0.25) is 6.54 Å². The lowest BCUT2D eigenvalue weighted by molar-refractivity contribution is 1.08. The van der Waals surface area contributed by atoms with Gasteiger partial charge in [0.05, 0.1) is 5.52 Å². The van der Waals surface area contributed by atoms with Crippen LogP contribution in [0.5, 0.6) is 0 Å². The van der Waals surface area contributed by atoms with Gasteiger partial charge in [-0.3, -0.25) is 4.98 Å². The van der Waals surface area contributed by atoms with E-state index in [1.165, 1.54) is 5.56 Å². The Kier molecular flexibility index (Phi) is 2.42. The van der Waals surface area contributed by atoms with Crippen LogP contribution < -0.4 is 0 Å². The average molecular weight is 182 g/mol. The van der Waals surface area contributed by atoms with Crippen molar-refractivity contribution >= 4 is 10.9 Å². The van der Waals surface area contributed by atoms with Gasteiger partial charge in [-0.15, -0.1) is 0 Å². The number of pyridine rings is 1. The molecule has 0 spiro atoms. The first-order valence-corrected chi connectivity index (χ1v) is 4.57. The normalized spacial score (nSPS) is 9.93. The molecule has 0 fully saturated rings. The van der Waals surface area contributed by atoms with Gasteiger partial charge in [0.1, 0.15) is 0 Å². The second kappa shape index (κ2) is 3.89. The molecule has 0 aliphatic heterocycles. The van der Waals surface area contributed by atoms with Crippen LogP contribution in [0.3, 0.4) is 0 Å². The van der Waals surface area contributed by atoms with Crippen LogP contribution in [0.1, 0.15) is 5.56 Å². The van der Waals surface area contributed by atoms with Crippen molar-refractivity contribution in [2.24, 2.45) is 0 Å². The van der Waals surface area contributed by atoms with Gasteiger partial charge in [-0.05, 0) is 23.8 Å². The highest BCUT2D eigenvalue weighted by Crippen LogP contribution is 2.13. The molecule has 0 saturated heterocycles. The van der Waals surface area contributed by atoms with E-state index in [4.69, 9.17) is 6.57 Å². The van der Waals surface area contributed by atoms with Crippen LogP contribution in [0.25, 0.3) is 15.7 Å². The lowest BCUT2D eigenvalue weighted by atomic mass is 10.1. The highest BCUT2D eigenvalue weighted by Gasteiger charge is 1.97. The summed E-state index contributed by atoms with van der Waals surface area (Å²) >= 11 is 0. The van der Waals surface area contributed by atoms with E-state index in [0.717, 1.165) is 17.3 Å². The Bertz CT molecular complexity index is 483. The molecule has 0 unspecified atom stereocenters. The zero-order valence-corrected chi connectivity index (χ0v) is 7.77. The molecule has 2 nitrogen and oxygen atoms in total. The second-order valence-electron chi connectivity index (χ2n) is 3.16. The van der Waals surface area contributed by atoms with Crippen LogP contribution in [-0.4, -0.2) is 11.5 Å². The highest BCUT2D eigenvalue weighted by molar-refractivity contribution is 5.78. The zero-order valence-electron chi connectivity index (χ0n) is 7.77. The predicted octanol–water partition coefficient (Wildman–Crippen LogP) is 2.70. The summed E-state index contributed by atoms with van der Waals surface area (Å²) in [6.07, 6.45) is 2.62. The van der Waals surface area contributed by atoms with Gasteiger partial charge in [-0.1, -0.05) is 12.1 Å². The summed E-state index contributed by atoms with van der Waals surface area (Å²) in [6.45, 7) is 7.29. The number of hydrogen-bond donors (Lipinski definition) is 0. The van der Waals surface area contributed by atoms with Gasteiger partial charge in [-0.25, -0.2) is 6.57 Å². The highest BCUT2D eigenvalue weighted by atomic mass is 14.6. The van der Waals surface area contributed by atoms with Crippen molar-refractivity contribution in [2.75, 3.05) is 6.54 Å². The van der Waals surface area contributed by atoms with Crippen LogP contribution >= 0.6 is 0 Å². The van der Waals surface area contributed by atoms with Crippen molar-refractivity contribution in [2.45, 2.75) is 6.42 Å². The fourth-order valence-electron chi connectivity index (χ4n) is 1.47. The fourth-order valence-corrected chi connectivity index (χ4v) is 1.47. The summed E-state index contributed by atoms with van der Waals surface area (Å²) < 4.78 is 0. The Morgan fingerprint density at radius 1 is 1.29 bits per heavy atom. The summed E-state index contributed by atoms with van der Waals surface area (Å²) in [7, 11) is 0. The van der Waals surface area contributed by atoms with Crippen LogP contribution in [0.15, 0.2) is 36.5 Å². The number of hydrogen-bond acceptors (Lipinski definition) is 1. The van der Waals surface area contributed by atoms with Crippen LogP contribution in [-0.2, 0) is 6.42 Å². The van der Waals surface area contributed by atoms with Gasteiger partial charge in [0.15, 0.2) is 0 Å². The molecule has 0 amide bonds. The molecule has 0 saturated carbocycles. The summed E-state index contributed by atoms with van der Waals surface area (Å²) in [5.41, 5.74) is 2.22. The molecule has 0 aliphatic rings. The van der Waals surface area contributed by atoms with Crippen molar-refractivity contribution in [3.63, 3.8) is 0 Å². The molecule has 0 N–H and O–H groups in total. The Labute approximate surface area is 83.0 Å². The molecule has 14 heavy (non-hydrogen) atoms. The maximum Gasteiger partial charge on any atom is 0.218 e. The molecule has 1 aromatic carbocycles. The topological polar surface area (TPSA) is 17.2 Å². The minimum atomic E-state index is 0.561. The third-order valence-corrected chi connectivity index (χ3v) is 2.18. The van der Waals surface area contributed by atoms with Gasteiger partial charge in [-0.2, -0.15) is 0 Å². The maximum absolute atomic E-state index is 6.73. The molecule has 2 rings (SSSR count). The first-order chi connectivity index (χ1) is 6.90. The number of rotatable bonds is 2. The molecule has 0 radical (unpaired) electrons. The van der Waals surface area contributed by atoms with Gasteiger partial charge < -0.3 is 4.85 Å². The van der Waals surface area contributed by atoms with E-state index in [9.17, 15) is 0 Å². The molecule has 2 aromatic rings. The molecule has 1 aromatic heterocycles. The van der Waals surface area contributed by atoms with Gasteiger partial charge in [0, 0.05) is 18.0 Å². The zero-order chi connectivity index (χ0) is 9.80. The van der Waals surface area contributed by atoms with E-state index in [2.05, 4.69) is 15.9 Å². The third-order valence-electron chi connectivity index (χ3n) is 2.18. The van der Waals surface area contributed by atoms with E-state index < -0.39 is 0 Å². The Morgan fingerprint density at radius 3 is 3.07 bits per heavy atom. The van der Waals surface area contributed by atoms with Crippen molar-refractivity contribution < 1.29 is 0 Å². The Balaban J connectivity index is 2.37. The molecular formula is C12H10N2. The van der Waals surface area contributed by atoms with Crippen molar-refractivity contribution in [1.82, 2.24) is 4.98 Å². The minimum Gasteiger partial charge on any atom is -0.317 e.